The molecule has 0 fully saturated rings. The van der Waals surface area contributed by atoms with E-state index in [2.05, 4.69) is 26.2 Å². The van der Waals surface area contributed by atoms with Gasteiger partial charge in [-0.1, -0.05) is 31.9 Å². The van der Waals surface area contributed by atoms with Crippen LogP contribution >= 0.6 is 0 Å². The molecule has 0 aliphatic carbocycles. The number of aryl methyl sites for hydroxylation is 1. The van der Waals surface area contributed by atoms with Crippen molar-refractivity contribution < 1.29 is 34.1 Å². The molecule has 2 unspecified atom stereocenters. The van der Waals surface area contributed by atoms with Gasteiger partial charge in [-0.3, -0.25) is 4.90 Å². The third kappa shape index (κ3) is 9.20. The van der Waals surface area contributed by atoms with Crippen LogP contribution in [0.4, 0.5) is 16.3 Å². The Labute approximate surface area is 282 Å². The number of nitrogens with one attached hydrogen (secondary N) is 1. The van der Waals surface area contributed by atoms with Crippen LogP contribution in [0, 0.1) is 25.2 Å². The average molecular weight is 668 g/mol. The molecule has 48 heavy (non-hydrogen) atoms. The minimum absolute atomic E-state index is 0.112. The monoisotopic (exact) mass is 667 g/mol. The number of aliphatic carboxylic acids is 2. The molecule has 3 rings (SSSR count). The maximum atomic E-state index is 12.7. The highest BCUT2D eigenvalue weighted by molar-refractivity contribution is 6.02. The number of carbonyl (C=O) groups is 3. The van der Waals surface area contributed by atoms with Crippen molar-refractivity contribution in [2.45, 2.75) is 79.2 Å². The summed E-state index contributed by atoms with van der Waals surface area (Å²) in [6.45, 7) is 14.1. The number of hydrogen-bond donors (Lipinski definition) is 3. The van der Waals surface area contributed by atoms with Crippen molar-refractivity contribution in [2.24, 2.45) is 5.92 Å². The topological polar surface area (TPSA) is 172 Å². The number of hydrogen-bond acceptors (Lipinski definition) is 9. The van der Waals surface area contributed by atoms with E-state index < -0.39 is 42.6 Å². The Morgan fingerprint density at radius 1 is 1.08 bits per heavy atom. The van der Waals surface area contributed by atoms with Crippen LogP contribution in [0.3, 0.4) is 0 Å². The van der Waals surface area contributed by atoms with E-state index in [4.69, 9.17) is 15.9 Å². The number of nitrogens with zero attached hydrogens (tertiary/aromatic N) is 6. The van der Waals surface area contributed by atoms with Crippen molar-refractivity contribution in [3.05, 3.63) is 42.0 Å². The van der Waals surface area contributed by atoms with Gasteiger partial charge in [-0.15, -0.1) is 6.42 Å². The fraction of sp³-hybridized carbons (Fsp3) is 0.529. The Hall–Kier alpha value is -4.74. The Balaban J connectivity index is 0.00000392. The summed E-state index contributed by atoms with van der Waals surface area (Å²) in [5.41, 5.74) is -0.557. The quantitative estimate of drug-likeness (QED) is 0.147. The molecule has 0 aliphatic rings. The fourth-order valence-corrected chi connectivity index (χ4v) is 4.89. The molecule has 2 atom stereocenters. The van der Waals surface area contributed by atoms with Gasteiger partial charge in [0.15, 0.2) is 11.5 Å². The number of ether oxygens (including phenoxy) is 2. The van der Waals surface area contributed by atoms with Crippen molar-refractivity contribution >= 4 is 40.6 Å². The highest BCUT2D eigenvalue weighted by atomic mass is 16.6. The van der Waals surface area contributed by atoms with Gasteiger partial charge in [-0.05, 0) is 52.3 Å². The van der Waals surface area contributed by atoms with Gasteiger partial charge in [0.2, 0.25) is 0 Å². The normalized spacial score (nSPS) is 12.4. The van der Waals surface area contributed by atoms with Crippen molar-refractivity contribution in [2.75, 3.05) is 44.1 Å². The van der Waals surface area contributed by atoms with Crippen molar-refractivity contribution in [3.63, 3.8) is 0 Å². The second-order valence-corrected chi connectivity index (χ2v) is 11.2. The second-order valence-electron chi connectivity index (χ2n) is 11.2. The molecule has 0 bridgehead atoms. The predicted molar refractivity (Wildman–Crippen MR) is 184 cm³/mol. The first kappa shape index (κ1) is 39.4. The lowest BCUT2D eigenvalue weighted by molar-refractivity contribution is -0.188. The number of imidazole rings is 1. The molecule has 3 aromatic rings. The number of terminal acetylenes is 1. The van der Waals surface area contributed by atoms with Crippen molar-refractivity contribution in [1.82, 2.24) is 24.4 Å². The van der Waals surface area contributed by atoms with E-state index in [1.165, 1.54) is 7.11 Å². The summed E-state index contributed by atoms with van der Waals surface area (Å²) in [4.78, 5) is 54.3. The summed E-state index contributed by atoms with van der Waals surface area (Å²) in [7, 11) is 3.08. The third-order valence-corrected chi connectivity index (χ3v) is 7.59. The first-order chi connectivity index (χ1) is 22.8. The van der Waals surface area contributed by atoms with E-state index in [9.17, 15) is 24.6 Å². The first-order valence-corrected chi connectivity index (χ1v) is 16.0. The summed E-state index contributed by atoms with van der Waals surface area (Å²) in [6.07, 6.45) is 6.11. The molecule has 0 radical (unpaired) electrons. The molecule has 14 heteroatoms. The molecule has 0 aliphatic heterocycles. The molecular weight excluding hydrogens is 618 g/mol. The Bertz CT molecular complexity index is 1550. The molecule has 0 spiro atoms. The fourth-order valence-electron chi connectivity index (χ4n) is 4.89. The van der Waals surface area contributed by atoms with Crippen LogP contribution in [0.2, 0.25) is 0 Å². The summed E-state index contributed by atoms with van der Waals surface area (Å²) in [5.74, 6) is -0.242. The lowest BCUT2D eigenvalue weighted by atomic mass is 9.93. The van der Waals surface area contributed by atoms with E-state index in [0.29, 0.717) is 47.1 Å². The number of aromatic nitrogens is 4. The number of amides is 2. The van der Waals surface area contributed by atoms with Crippen LogP contribution in [0.1, 0.15) is 52.9 Å². The molecule has 3 N–H and O–H groups in total. The van der Waals surface area contributed by atoms with E-state index in [1.54, 1.807) is 58.9 Å². The van der Waals surface area contributed by atoms with E-state index >= 15 is 0 Å². The van der Waals surface area contributed by atoms with Gasteiger partial charge in [-0.2, -0.15) is 0 Å². The lowest BCUT2D eigenvalue weighted by Crippen LogP contribution is -2.52. The largest absolute Gasteiger partial charge is 0.479 e. The van der Waals surface area contributed by atoms with Gasteiger partial charge in [-0.25, -0.2) is 29.3 Å². The number of methoxy groups -OCH3 is 1. The predicted octanol–water partition coefficient (Wildman–Crippen LogP) is 4.31. The first-order valence-electron chi connectivity index (χ1n) is 16.0. The van der Waals surface area contributed by atoms with Crippen LogP contribution in [0.25, 0.3) is 11.2 Å². The van der Waals surface area contributed by atoms with Gasteiger partial charge < -0.3 is 34.5 Å². The number of anilines is 2. The van der Waals surface area contributed by atoms with Gasteiger partial charge in [0.1, 0.15) is 11.3 Å². The van der Waals surface area contributed by atoms with Crippen LogP contribution in [-0.4, -0.2) is 104 Å². The number of carboxylic acid groups (broad SMARTS) is 2. The summed E-state index contributed by atoms with van der Waals surface area (Å²) in [6, 6.07) is 6.36. The smallest absolute Gasteiger partial charge is 0.348 e. The number of fused-ring (bicyclic) bond motifs is 1. The van der Waals surface area contributed by atoms with Crippen molar-refractivity contribution in [3.8, 4) is 12.3 Å². The zero-order chi connectivity index (χ0) is 36.2. The van der Waals surface area contributed by atoms with E-state index in [-0.39, 0.29) is 18.6 Å². The highest BCUT2D eigenvalue weighted by Crippen LogP contribution is 2.26. The number of benzene rings is 1. The second kappa shape index (κ2) is 18.0. The van der Waals surface area contributed by atoms with E-state index in [1.807, 2.05) is 41.5 Å². The van der Waals surface area contributed by atoms with Crippen LogP contribution < -0.4 is 10.2 Å². The molecule has 262 valence electrons. The molecule has 2 heterocycles. The Morgan fingerprint density at radius 3 is 2.21 bits per heavy atom. The van der Waals surface area contributed by atoms with Crippen LogP contribution in [0.5, 0.6) is 0 Å². The number of rotatable bonds is 16. The summed E-state index contributed by atoms with van der Waals surface area (Å²) >= 11 is 0. The summed E-state index contributed by atoms with van der Waals surface area (Å²) in [5, 5.41) is 23.5. The van der Waals surface area contributed by atoms with Gasteiger partial charge in [0.05, 0.1) is 25.0 Å². The SMILES string of the molecule is C#CC(Cn1cnc2c(NC(C)C)nc(C)nc21)C(COC(Cc1ccc(N(CC)C(=O)N(C)CC)cc1)(C(=O)O)C(=O)O)OC.CC. The molecule has 2 amide bonds. The number of carboxylic acids is 2. The lowest BCUT2D eigenvalue weighted by Gasteiger charge is -2.30. The molecule has 0 saturated heterocycles. The molecule has 0 saturated carbocycles. The van der Waals surface area contributed by atoms with Gasteiger partial charge in [0, 0.05) is 51.9 Å². The van der Waals surface area contributed by atoms with Crippen LogP contribution in [0.15, 0.2) is 30.6 Å². The molecular formula is C34H49N7O7. The minimum atomic E-state index is -2.64. The van der Waals surface area contributed by atoms with Gasteiger partial charge >= 0.3 is 18.0 Å². The Morgan fingerprint density at radius 2 is 1.71 bits per heavy atom. The molecule has 1 aromatic carbocycles. The van der Waals surface area contributed by atoms with Crippen molar-refractivity contribution in [1.29, 1.82) is 0 Å². The summed E-state index contributed by atoms with van der Waals surface area (Å²) < 4.78 is 13.1. The maximum Gasteiger partial charge on any atom is 0.348 e. The molecule has 2 aromatic heterocycles. The zero-order valence-corrected chi connectivity index (χ0v) is 29.4. The van der Waals surface area contributed by atoms with Gasteiger partial charge in [0.25, 0.3) is 5.60 Å². The minimum Gasteiger partial charge on any atom is -0.479 e. The van der Waals surface area contributed by atoms with E-state index in [0.717, 1.165) is 0 Å². The standard InChI is InChI=1S/C32H43N7O7.C2H6/c1-9-23(17-38-19-33-26-27(34-20(4)5)35-21(6)36-28(26)38)25(45-8)18-46-32(29(40)41,30(42)43)16-22-12-14-24(15-13-22)39(11-3)31(44)37(7)10-2;1-2/h1,12-15,19-20,23,25H,10-11,16-18H2,2-8H3,(H,40,41)(H,42,43)(H,34,35,36);1-2H3. The number of urea groups is 1. The third-order valence-electron chi connectivity index (χ3n) is 7.59. The molecule has 14 nitrogen and oxygen atoms in total. The zero-order valence-electron chi connectivity index (χ0n) is 29.4. The van der Waals surface area contributed by atoms with Crippen LogP contribution in [-0.2, 0) is 32.0 Å². The number of carbonyl (C=O) groups excluding carboxylic acids is 1. The average Bonchev–Trinajstić information content (AvgIpc) is 3.46. The Kier molecular flexibility index (Phi) is 14.8. The maximum absolute atomic E-state index is 12.7. The highest BCUT2D eigenvalue weighted by Gasteiger charge is 2.49.